The smallest absolute Gasteiger partial charge is 0.122 e. The van der Waals surface area contributed by atoms with Crippen LogP contribution in [0.15, 0.2) is 12.1 Å². The van der Waals surface area contributed by atoms with Crippen LogP contribution in [0.4, 0.5) is 0 Å². The number of nitrogens with zero attached hydrogens (tertiary/aromatic N) is 1. The molecule has 1 unspecified atom stereocenters. The van der Waals surface area contributed by atoms with E-state index in [0.717, 1.165) is 29.4 Å². The van der Waals surface area contributed by atoms with Crippen LogP contribution in [0.2, 0.25) is 0 Å². The third kappa shape index (κ3) is 4.41. The van der Waals surface area contributed by atoms with Gasteiger partial charge in [-0.2, -0.15) is 11.8 Å². The van der Waals surface area contributed by atoms with Gasteiger partial charge in [0.2, 0.25) is 0 Å². The van der Waals surface area contributed by atoms with Gasteiger partial charge in [0.05, 0.1) is 12.8 Å². The molecule has 0 aromatic carbocycles. The van der Waals surface area contributed by atoms with Crippen LogP contribution < -0.4 is 10.1 Å². The molecule has 0 aliphatic heterocycles. The monoisotopic (exact) mass is 240 g/mol. The molecule has 1 rings (SSSR count). The number of hydrogen-bond acceptors (Lipinski definition) is 4. The van der Waals surface area contributed by atoms with Crippen molar-refractivity contribution in [1.82, 2.24) is 10.3 Å². The lowest BCUT2D eigenvalue weighted by Gasteiger charge is -2.12. The summed E-state index contributed by atoms with van der Waals surface area (Å²) < 4.78 is 5.22. The van der Waals surface area contributed by atoms with Crippen LogP contribution in [-0.2, 0) is 6.54 Å². The maximum atomic E-state index is 5.22. The first-order valence-electron chi connectivity index (χ1n) is 5.39. The molecular weight excluding hydrogens is 220 g/mol. The molecule has 90 valence electrons. The highest BCUT2D eigenvalue weighted by Crippen LogP contribution is 2.13. The summed E-state index contributed by atoms with van der Waals surface area (Å²) in [5.41, 5.74) is 2.03. The number of methoxy groups -OCH3 is 1. The number of pyridine rings is 1. The van der Waals surface area contributed by atoms with Crippen molar-refractivity contribution in [3.63, 3.8) is 0 Å². The molecule has 1 heterocycles. The third-order valence-electron chi connectivity index (χ3n) is 2.26. The van der Waals surface area contributed by atoms with Crippen molar-refractivity contribution < 1.29 is 4.74 Å². The molecule has 0 fully saturated rings. The van der Waals surface area contributed by atoms with Crippen molar-refractivity contribution in [2.45, 2.75) is 26.4 Å². The van der Waals surface area contributed by atoms with Crippen molar-refractivity contribution in [1.29, 1.82) is 0 Å². The molecule has 0 bridgehead atoms. The Morgan fingerprint density at radius 1 is 1.50 bits per heavy atom. The van der Waals surface area contributed by atoms with E-state index in [1.807, 2.05) is 30.8 Å². The Morgan fingerprint density at radius 3 is 2.88 bits per heavy atom. The molecule has 0 aliphatic carbocycles. The highest BCUT2D eigenvalue weighted by molar-refractivity contribution is 7.98. The second-order valence-electron chi connectivity index (χ2n) is 3.88. The van der Waals surface area contributed by atoms with E-state index in [1.165, 1.54) is 0 Å². The van der Waals surface area contributed by atoms with E-state index in [4.69, 9.17) is 4.74 Å². The van der Waals surface area contributed by atoms with Gasteiger partial charge in [0.15, 0.2) is 0 Å². The summed E-state index contributed by atoms with van der Waals surface area (Å²) in [6, 6.07) is 4.42. The quantitative estimate of drug-likeness (QED) is 0.827. The summed E-state index contributed by atoms with van der Waals surface area (Å²) in [6.45, 7) is 4.96. The molecule has 16 heavy (non-hydrogen) atoms. The normalized spacial score (nSPS) is 12.5. The van der Waals surface area contributed by atoms with E-state index >= 15 is 0 Å². The lowest BCUT2D eigenvalue weighted by molar-refractivity contribution is 0.412. The summed E-state index contributed by atoms with van der Waals surface area (Å²) in [5.74, 6) is 1.99. The Balaban J connectivity index is 2.56. The Bertz CT molecular complexity index is 331. The first kappa shape index (κ1) is 13.3. The van der Waals surface area contributed by atoms with Gasteiger partial charge in [-0.05, 0) is 20.1 Å². The second kappa shape index (κ2) is 6.76. The van der Waals surface area contributed by atoms with Gasteiger partial charge in [-0.15, -0.1) is 0 Å². The number of aryl methyl sites for hydroxylation is 1. The largest absolute Gasteiger partial charge is 0.497 e. The lowest BCUT2D eigenvalue weighted by atomic mass is 10.2. The minimum absolute atomic E-state index is 0.503. The Kier molecular flexibility index (Phi) is 5.63. The van der Waals surface area contributed by atoms with Crippen molar-refractivity contribution >= 4 is 11.8 Å². The molecule has 1 aromatic rings. The fourth-order valence-corrected chi connectivity index (χ4v) is 2.12. The standard InChI is InChI=1S/C12H20N2OS/c1-9-5-12(15-3)6-11(14-9)7-13-10(2)8-16-4/h5-6,10,13H,7-8H2,1-4H3. The SMILES string of the molecule is COc1cc(C)nc(CNC(C)CSC)c1. The van der Waals surface area contributed by atoms with Crippen LogP contribution in [0.3, 0.4) is 0 Å². The summed E-state index contributed by atoms with van der Waals surface area (Å²) in [7, 11) is 1.68. The zero-order chi connectivity index (χ0) is 12.0. The summed E-state index contributed by atoms with van der Waals surface area (Å²) in [4.78, 5) is 4.46. The number of thioether (sulfide) groups is 1. The Hall–Kier alpha value is -0.740. The first-order valence-corrected chi connectivity index (χ1v) is 6.79. The fraction of sp³-hybridized carbons (Fsp3) is 0.583. The Morgan fingerprint density at radius 2 is 2.25 bits per heavy atom. The minimum atomic E-state index is 0.503. The number of ether oxygens (including phenoxy) is 1. The maximum absolute atomic E-state index is 5.22. The molecule has 0 amide bonds. The summed E-state index contributed by atoms with van der Waals surface area (Å²) in [5, 5.41) is 3.44. The zero-order valence-electron chi connectivity index (χ0n) is 10.4. The van der Waals surface area contributed by atoms with Gasteiger partial charge in [0.1, 0.15) is 5.75 Å². The molecule has 0 aliphatic rings. The molecule has 0 spiro atoms. The van der Waals surface area contributed by atoms with Gasteiger partial charge in [-0.25, -0.2) is 0 Å². The molecule has 0 radical (unpaired) electrons. The van der Waals surface area contributed by atoms with E-state index in [9.17, 15) is 0 Å². The maximum Gasteiger partial charge on any atom is 0.122 e. The predicted octanol–water partition coefficient (Wildman–Crippen LogP) is 2.24. The van der Waals surface area contributed by atoms with Gasteiger partial charge in [-0.1, -0.05) is 0 Å². The van der Waals surface area contributed by atoms with Crippen molar-refractivity contribution in [3.8, 4) is 5.75 Å². The molecule has 0 saturated heterocycles. The minimum Gasteiger partial charge on any atom is -0.497 e. The number of hydrogen-bond donors (Lipinski definition) is 1. The molecular formula is C12H20N2OS. The van der Waals surface area contributed by atoms with Gasteiger partial charge in [0, 0.05) is 36.2 Å². The van der Waals surface area contributed by atoms with E-state index in [-0.39, 0.29) is 0 Å². The van der Waals surface area contributed by atoms with Crippen molar-refractivity contribution in [2.24, 2.45) is 0 Å². The number of rotatable bonds is 6. The molecule has 0 saturated carbocycles. The topological polar surface area (TPSA) is 34.1 Å². The third-order valence-corrected chi connectivity index (χ3v) is 3.10. The van der Waals surface area contributed by atoms with Crippen LogP contribution in [0.5, 0.6) is 5.75 Å². The molecule has 4 heteroatoms. The molecule has 3 nitrogen and oxygen atoms in total. The number of nitrogens with one attached hydrogen (secondary N) is 1. The Labute approximate surface area is 102 Å². The summed E-state index contributed by atoms with van der Waals surface area (Å²) >= 11 is 1.85. The second-order valence-corrected chi connectivity index (χ2v) is 4.79. The first-order chi connectivity index (χ1) is 7.65. The predicted molar refractivity (Wildman–Crippen MR) is 70.2 cm³/mol. The molecule has 1 aromatic heterocycles. The van der Waals surface area contributed by atoms with Gasteiger partial charge < -0.3 is 10.1 Å². The average Bonchev–Trinajstić information content (AvgIpc) is 2.26. The van der Waals surface area contributed by atoms with E-state index in [0.29, 0.717) is 6.04 Å². The highest BCUT2D eigenvalue weighted by Gasteiger charge is 2.03. The lowest BCUT2D eigenvalue weighted by Crippen LogP contribution is -2.28. The van der Waals surface area contributed by atoms with Crippen molar-refractivity contribution in [2.75, 3.05) is 19.1 Å². The number of aromatic nitrogens is 1. The molecule has 1 N–H and O–H groups in total. The van der Waals surface area contributed by atoms with E-state index in [1.54, 1.807) is 7.11 Å². The van der Waals surface area contributed by atoms with Crippen molar-refractivity contribution in [3.05, 3.63) is 23.5 Å². The molecule has 1 atom stereocenters. The van der Waals surface area contributed by atoms with E-state index in [2.05, 4.69) is 23.5 Å². The van der Waals surface area contributed by atoms with Crippen LogP contribution >= 0.6 is 11.8 Å². The highest BCUT2D eigenvalue weighted by atomic mass is 32.2. The van der Waals surface area contributed by atoms with Crippen LogP contribution in [-0.4, -0.2) is 30.1 Å². The zero-order valence-corrected chi connectivity index (χ0v) is 11.2. The van der Waals surface area contributed by atoms with Crippen LogP contribution in [0, 0.1) is 6.92 Å². The van der Waals surface area contributed by atoms with Crippen LogP contribution in [0.1, 0.15) is 18.3 Å². The van der Waals surface area contributed by atoms with Crippen LogP contribution in [0.25, 0.3) is 0 Å². The fourth-order valence-electron chi connectivity index (χ4n) is 1.50. The van der Waals surface area contributed by atoms with Gasteiger partial charge >= 0.3 is 0 Å². The van der Waals surface area contributed by atoms with Gasteiger partial charge in [-0.3, -0.25) is 4.98 Å². The van der Waals surface area contributed by atoms with E-state index < -0.39 is 0 Å². The average molecular weight is 240 g/mol. The summed E-state index contributed by atoms with van der Waals surface area (Å²) in [6.07, 6.45) is 2.12. The van der Waals surface area contributed by atoms with Gasteiger partial charge in [0.25, 0.3) is 0 Å².